The zero-order chi connectivity index (χ0) is 8.27. The van der Waals surface area contributed by atoms with Crippen LogP contribution >= 0.6 is 0 Å². The highest BCUT2D eigenvalue weighted by Crippen LogP contribution is 2.04. The third-order valence-electron chi connectivity index (χ3n) is 1.87. The molecule has 2 heteroatoms. The predicted molar refractivity (Wildman–Crippen MR) is 45.4 cm³/mol. The van der Waals surface area contributed by atoms with Crippen molar-refractivity contribution in [2.45, 2.75) is 25.9 Å². The Kier molecular flexibility index (Phi) is 2.71. The molecule has 0 aliphatic heterocycles. The molecule has 1 N–H and O–H groups in total. The van der Waals surface area contributed by atoms with Gasteiger partial charge in [0, 0.05) is 18.9 Å². The van der Waals surface area contributed by atoms with Crippen LogP contribution in [0.5, 0.6) is 0 Å². The van der Waals surface area contributed by atoms with Crippen LogP contribution < -0.4 is 0 Å². The molecular weight excluding hydrogens is 138 g/mol. The van der Waals surface area contributed by atoms with Crippen LogP contribution in [-0.2, 0) is 13.5 Å². The SMILES string of the molecule is C[C@@H](O)CCc1cccn1C. The van der Waals surface area contributed by atoms with Crippen molar-refractivity contribution in [2.24, 2.45) is 7.05 Å². The Bertz CT molecular complexity index is 215. The first-order valence-corrected chi connectivity index (χ1v) is 3.98. The molecule has 2 nitrogen and oxygen atoms in total. The minimum atomic E-state index is -0.190. The molecule has 0 spiro atoms. The molecule has 0 amide bonds. The molecule has 1 aromatic rings. The summed E-state index contributed by atoms with van der Waals surface area (Å²) >= 11 is 0. The average molecular weight is 153 g/mol. The highest BCUT2D eigenvalue weighted by atomic mass is 16.3. The Labute approximate surface area is 67.5 Å². The van der Waals surface area contributed by atoms with Crippen LogP contribution in [0.2, 0.25) is 0 Å². The van der Waals surface area contributed by atoms with Crippen molar-refractivity contribution in [3.63, 3.8) is 0 Å². The van der Waals surface area contributed by atoms with Crippen molar-refractivity contribution in [1.29, 1.82) is 0 Å². The number of aliphatic hydroxyl groups excluding tert-OH is 1. The van der Waals surface area contributed by atoms with Crippen LogP contribution in [0.15, 0.2) is 18.3 Å². The summed E-state index contributed by atoms with van der Waals surface area (Å²) in [5.41, 5.74) is 1.28. The van der Waals surface area contributed by atoms with Crippen molar-refractivity contribution in [2.75, 3.05) is 0 Å². The Hall–Kier alpha value is -0.760. The van der Waals surface area contributed by atoms with Crippen LogP contribution in [0.1, 0.15) is 19.0 Å². The van der Waals surface area contributed by atoms with E-state index in [0.29, 0.717) is 0 Å². The lowest BCUT2D eigenvalue weighted by Crippen LogP contribution is -2.03. The van der Waals surface area contributed by atoms with Gasteiger partial charge < -0.3 is 9.67 Å². The van der Waals surface area contributed by atoms with Gasteiger partial charge in [0.15, 0.2) is 0 Å². The number of aromatic nitrogens is 1. The van der Waals surface area contributed by atoms with Gasteiger partial charge in [0.1, 0.15) is 0 Å². The third kappa shape index (κ3) is 2.39. The number of hydrogen-bond donors (Lipinski definition) is 1. The van der Waals surface area contributed by atoms with Gasteiger partial charge in [0.2, 0.25) is 0 Å². The fraction of sp³-hybridized carbons (Fsp3) is 0.556. The smallest absolute Gasteiger partial charge is 0.0515 e. The van der Waals surface area contributed by atoms with Gasteiger partial charge in [-0.25, -0.2) is 0 Å². The number of nitrogens with zero attached hydrogens (tertiary/aromatic N) is 1. The minimum absolute atomic E-state index is 0.190. The molecule has 0 fully saturated rings. The van der Waals surface area contributed by atoms with Gasteiger partial charge in [-0.1, -0.05) is 0 Å². The van der Waals surface area contributed by atoms with Gasteiger partial charge in [-0.3, -0.25) is 0 Å². The van der Waals surface area contributed by atoms with Gasteiger partial charge in [0.05, 0.1) is 6.10 Å². The molecule has 0 saturated heterocycles. The largest absolute Gasteiger partial charge is 0.393 e. The molecule has 11 heavy (non-hydrogen) atoms. The number of rotatable bonds is 3. The van der Waals surface area contributed by atoms with Crippen molar-refractivity contribution in [1.82, 2.24) is 4.57 Å². The normalized spacial score (nSPS) is 13.4. The van der Waals surface area contributed by atoms with E-state index in [-0.39, 0.29) is 6.10 Å². The Morgan fingerprint density at radius 1 is 1.64 bits per heavy atom. The third-order valence-corrected chi connectivity index (χ3v) is 1.87. The van der Waals surface area contributed by atoms with Crippen molar-refractivity contribution in [3.05, 3.63) is 24.0 Å². The number of aliphatic hydroxyl groups is 1. The Balaban J connectivity index is 2.44. The van der Waals surface area contributed by atoms with Crippen LogP contribution in [-0.4, -0.2) is 15.8 Å². The minimum Gasteiger partial charge on any atom is -0.393 e. The maximum absolute atomic E-state index is 9.03. The second-order valence-electron chi connectivity index (χ2n) is 3.00. The highest BCUT2D eigenvalue weighted by Gasteiger charge is 1.99. The summed E-state index contributed by atoms with van der Waals surface area (Å²) in [6, 6.07) is 4.11. The number of hydrogen-bond acceptors (Lipinski definition) is 1. The molecule has 1 heterocycles. The van der Waals surface area contributed by atoms with Crippen molar-refractivity contribution >= 4 is 0 Å². The first-order chi connectivity index (χ1) is 5.20. The monoisotopic (exact) mass is 153 g/mol. The molecule has 0 unspecified atom stereocenters. The lowest BCUT2D eigenvalue weighted by molar-refractivity contribution is 0.184. The summed E-state index contributed by atoms with van der Waals surface area (Å²) in [6.45, 7) is 1.82. The fourth-order valence-electron chi connectivity index (χ4n) is 1.11. The van der Waals surface area contributed by atoms with Crippen LogP contribution in [0.4, 0.5) is 0 Å². The zero-order valence-electron chi connectivity index (χ0n) is 7.12. The van der Waals surface area contributed by atoms with Crippen molar-refractivity contribution in [3.8, 4) is 0 Å². The fourth-order valence-corrected chi connectivity index (χ4v) is 1.11. The standard InChI is InChI=1S/C9H15NO/c1-8(11)5-6-9-4-3-7-10(9)2/h3-4,7-8,11H,5-6H2,1-2H3/t8-/m1/s1. The summed E-state index contributed by atoms with van der Waals surface area (Å²) < 4.78 is 2.09. The van der Waals surface area contributed by atoms with Gasteiger partial charge in [-0.05, 0) is 31.9 Å². The topological polar surface area (TPSA) is 25.2 Å². The summed E-state index contributed by atoms with van der Waals surface area (Å²) in [7, 11) is 2.03. The van der Waals surface area contributed by atoms with Crippen LogP contribution in [0, 0.1) is 0 Å². The molecule has 1 atom stereocenters. The zero-order valence-corrected chi connectivity index (χ0v) is 7.12. The molecule has 1 rings (SSSR count). The first-order valence-electron chi connectivity index (χ1n) is 3.98. The molecule has 62 valence electrons. The Morgan fingerprint density at radius 3 is 2.82 bits per heavy atom. The average Bonchev–Trinajstić information content (AvgIpc) is 2.31. The molecule has 0 bridgehead atoms. The van der Waals surface area contributed by atoms with Gasteiger partial charge in [-0.2, -0.15) is 0 Å². The van der Waals surface area contributed by atoms with E-state index < -0.39 is 0 Å². The van der Waals surface area contributed by atoms with Gasteiger partial charge in [0.25, 0.3) is 0 Å². The van der Waals surface area contributed by atoms with E-state index in [2.05, 4.69) is 10.6 Å². The first kappa shape index (κ1) is 8.34. The summed E-state index contributed by atoms with van der Waals surface area (Å²) in [6.07, 6.45) is 3.64. The molecule has 0 aliphatic carbocycles. The molecular formula is C9H15NO. The van der Waals surface area contributed by atoms with E-state index >= 15 is 0 Å². The maximum Gasteiger partial charge on any atom is 0.0515 e. The Morgan fingerprint density at radius 2 is 2.36 bits per heavy atom. The quantitative estimate of drug-likeness (QED) is 0.696. The molecule has 1 aromatic heterocycles. The van der Waals surface area contributed by atoms with E-state index in [1.807, 2.05) is 26.2 Å². The lowest BCUT2D eigenvalue weighted by Gasteiger charge is -2.04. The van der Waals surface area contributed by atoms with E-state index in [9.17, 15) is 0 Å². The van der Waals surface area contributed by atoms with Gasteiger partial charge >= 0.3 is 0 Å². The number of aryl methyl sites for hydroxylation is 2. The molecule has 0 aromatic carbocycles. The van der Waals surface area contributed by atoms with Crippen LogP contribution in [0.3, 0.4) is 0 Å². The summed E-state index contributed by atoms with van der Waals surface area (Å²) in [4.78, 5) is 0. The molecule has 0 aliphatic rings. The van der Waals surface area contributed by atoms with E-state index in [1.165, 1.54) is 5.69 Å². The predicted octanol–water partition coefficient (Wildman–Crippen LogP) is 1.34. The lowest BCUT2D eigenvalue weighted by atomic mass is 10.2. The maximum atomic E-state index is 9.03. The second kappa shape index (κ2) is 3.58. The second-order valence-corrected chi connectivity index (χ2v) is 3.00. The van der Waals surface area contributed by atoms with Gasteiger partial charge in [-0.15, -0.1) is 0 Å². The van der Waals surface area contributed by atoms with Crippen molar-refractivity contribution < 1.29 is 5.11 Å². The van der Waals surface area contributed by atoms with Crippen LogP contribution in [0.25, 0.3) is 0 Å². The van der Waals surface area contributed by atoms with E-state index in [1.54, 1.807) is 0 Å². The molecule has 0 radical (unpaired) electrons. The van der Waals surface area contributed by atoms with E-state index in [4.69, 9.17) is 5.11 Å². The highest BCUT2D eigenvalue weighted by molar-refractivity contribution is 5.06. The van der Waals surface area contributed by atoms with E-state index in [0.717, 1.165) is 12.8 Å². The molecule has 0 saturated carbocycles. The summed E-state index contributed by atoms with van der Waals surface area (Å²) in [5, 5.41) is 9.03. The summed E-state index contributed by atoms with van der Waals surface area (Å²) in [5.74, 6) is 0.